The lowest BCUT2D eigenvalue weighted by Gasteiger charge is -2.10. The molecule has 1 atom stereocenters. The van der Waals surface area contributed by atoms with Crippen LogP contribution in [0.15, 0.2) is 48.6 Å². The van der Waals surface area contributed by atoms with Gasteiger partial charge in [-0.3, -0.25) is 4.79 Å². The molecule has 1 aromatic rings. The largest absolute Gasteiger partial charge is 0.392 e. The molecule has 0 radical (unpaired) electrons. The summed E-state index contributed by atoms with van der Waals surface area (Å²) in [4.78, 5) is 10.8. The summed E-state index contributed by atoms with van der Waals surface area (Å²) in [6.07, 6.45) is 9.48. The summed E-state index contributed by atoms with van der Waals surface area (Å²) in [7, 11) is 0. The van der Waals surface area contributed by atoms with Gasteiger partial charge in [-0.05, 0) is 42.9 Å². The smallest absolute Gasteiger partial charge is 0.152 e. The van der Waals surface area contributed by atoms with Crippen molar-refractivity contribution >= 4 is 5.78 Å². The Bertz CT molecular complexity index is 441. The monoisotopic (exact) mass is 258 g/mol. The van der Waals surface area contributed by atoms with E-state index in [2.05, 4.69) is 25.1 Å². The Labute approximate surface area is 115 Å². The molecule has 0 aliphatic carbocycles. The van der Waals surface area contributed by atoms with E-state index in [0.717, 1.165) is 18.4 Å². The van der Waals surface area contributed by atoms with E-state index in [4.69, 9.17) is 5.11 Å². The average Bonchev–Trinajstić information content (AvgIpc) is 2.42. The maximum Gasteiger partial charge on any atom is 0.152 e. The number of aliphatic hydroxyl groups excluding tert-OH is 1. The SMILES string of the molecule is CCC(C=CC=CC(C)=O)Cc1ccc(CO)cc1. The Hall–Kier alpha value is -1.67. The quantitative estimate of drug-likeness (QED) is 0.601. The predicted octanol–water partition coefficient (Wildman–Crippen LogP) is 3.45. The Kier molecular flexibility index (Phi) is 6.83. The van der Waals surface area contributed by atoms with Crippen molar-refractivity contribution in [2.24, 2.45) is 5.92 Å². The van der Waals surface area contributed by atoms with Crippen LogP contribution in [0.3, 0.4) is 0 Å². The van der Waals surface area contributed by atoms with Crippen LogP contribution in [-0.2, 0) is 17.8 Å². The third-order valence-electron chi connectivity index (χ3n) is 3.05. The van der Waals surface area contributed by atoms with E-state index in [1.165, 1.54) is 5.56 Å². The van der Waals surface area contributed by atoms with Crippen molar-refractivity contribution in [2.45, 2.75) is 33.3 Å². The van der Waals surface area contributed by atoms with Gasteiger partial charge in [0.05, 0.1) is 6.61 Å². The zero-order valence-electron chi connectivity index (χ0n) is 11.7. The maximum atomic E-state index is 10.8. The molecule has 0 aliphatic rings. The normalized spacial score (nSPS) is 13.2. The van der Waals surface area contributed by atoms with Crippen molar-refractivity contribution < 1.29 is 9.90 Å². The van der Waals surface area contributed by atoms with Gasteiger partial charge in [-0.25, -0.2) is 0 Å². The minimum Gasteiger partial charge on any atom is -0.392 e. The van der Waals surface area contributed by atoms with Gasteiger partial charge in [-0.15, -0.1) is 0 Å². The third-order valence-corrected chi connectivity index (χ3v) is 3.05. The number of allylic oxidation sites excluding steroid dienone is 4. The molecule has 1 rings (SSSR count). The molecule has 0 aromatic heterocycles. The lowest BCUT2D eigenvalue weighted by Crippen LogP contribution is -1.99. The molecule has 0 fully saturated rings. The molecule has 1 aromatic carbocycles. The number of benzene rings is 1. The molecule has 0 aliphatic heterocycles. The molecule has 1 unspecified atom stereocenters. The molecule has 2 nitrogen and oxygen atoms in total. The molecule has 0 saturated heterocycles. The van der Waals surface area contributed by atoms with Crippen molar-refractivity contribution in [3.05, 3.63) is 59.7 Å². The van der Waals surface area contributed by atoms with Crippen LogP contribution in [0.5, 0.6) is 0 Å². The second kappa shape index (κ2) is 8.44. The lowest BCUT2D eigenvalue weighted by atomic mass is 9.96. The average molecular weight is 258 g/mol. The van der Waals surface area contributed by atoms with Crippen LogP contribution < -0.4 is 0 Å². The molecule has 102 valence electrons. The van der Waals surface area contributed by atoms with Crippen LogP contribution in [-0.4, -0.2) is 10.9 Å². The number of rotatable bonds is 7. The van der Waals surface area contributed by atoms with Crippen molar-refractivity contribution in [3.63, 3.8) is 0 Å². The zero-order chi connectivity index (χ0) is 14.1. The van der Waals surface area contributed by atoms with Gasteiger partial charge in [0.25, 0.3) is 0 Å². The summed E-state index contributed by atoms with van der Waals surface area (Å²) in [5.41, 5.74) is 2.21. The maximum absolute atomic E-state index is 10.8. The first-order valence-corrected chi connectivity index (χ1v) is 6.69. The molecule has 2 heteroatoms. The van der Waals surface area contributed by atoms with Crippen LogP contribution in [0.25, 0.3) is 0 Å². The Balaban J connectivity index is 2.58. The highest BCUT2D eigenvalue weighted by atomic mass is 16.3. The van der Waals surface area contributed by atoms with E-state index in [1.807, 2.05) is 18.2 Å². The second-order valence-corrected chi connectivity index (χ2v) is 4.70. The first-order valence-electron chi connectivity index (χ1n) is 6.69. The van der Waals surface area contributed by atoms with E-state index in [0.29, 0.717) is 5.92 Å². The summed E-state index contributed by atoms with van der Waals surface area (Å²) in [6, 6.07) is 8.05. The number of carbonyl (C=O) groups excluding carboxylic acids is 1. The minimum absolute atomic E-state index is 0.0669. The van der Waals surface area contributed by atoms with Crippen LogP contribution in [0.4, 0.5) is 0 Å². The van der Waals surface area contributed by atoms with E-state index in [-0.39, 0.29) is 12.4 Å². The summed E-state index contributed by atoms with van der Waals surface area (Å²) in [5, 5.41) is 9.00. The second-order valence-electron chi connectivity index (χ2n) is 4.70. The number of ketones is 1. The van der Waals surface area contributed by atoms with E-state index >= 15 is 0 Å². The van der Waals surface area contributed by atoms with Crippen molar-refractivity contribution in [2.75, 3.05) is 0 Å². The highest BCUT2D eigenvalue weighted by Gasteiger charge is 2.03. The van der Waals surface area contributed by atoms with E-state index in [1.54, 1.807) is 19.1 Å². The van der Waals surface area contributed by atoms with Gasteiger partial charge in [-0.2, -0.15) is 0 Å². The molecule has 19 heavy (non-hydrogen) atoms. The topological polar surface area (TPSA) is 37.3 Å². The van der Waals surface area contributed by atoms with E-state index < -0.39 is 0 Å². The molecular formula is C17H22O2. The molecule has 0 heterocycles. The summed E-state index contributed by atoms with van der Waals surface area (Å²) in [6.45, 7) is 3.80. The third kappa shape index (κ3) is 6.16. The molecule has 0 spiro atoms. The predicted molar refractivity (Wildman–Crippen MR) is 78.8 cm³/mol. The molecule has 0 saturated carbocycles. The highest BCUT2D eigenvalue weighted by molar-refractivity contribution is 5.87. The van der Waals surface area contributed by atoms with Gasteiger partial charge >= 0.3 is 0 Å². The van der Waals surface area contributed by atoms with Crippen molar-refractivity contribution in [1.82, 2.24) is 0 Å². The molecule has 1 N–H and O–H groups in total. The van der Waals surface area contributed by atoms with Gasteiger partial charge in [0, 0.05) is 0 Å². The van der Waals surface area contributed by atoms with Gasteiger partial charge in [0.2, 0.25) is 0 Å². The molecule has 0 bridgehead atoms. The van der Waals surface area contributed by atoms with Crippen molar-refractivity contribution in [3.8, 4) is 0 Å². The number of carbonyl (C=O) groups is 1. The first kappa shape index (κ1) is 15.4. The lowest BCUT2D eigenvalue weighted by molar-refractivity contribution is -0.112. The van der Waals surface area contributed by atoms with E-state index in [9.17, 15) is 4.79 Å². The Morgan fingerprint density at radius 3 is 2.37 bits per heavy atom. The van der Waals surface area contributed by atoms with Crippen LogP contribution in [0, 0.1) is 5.92 Å². The number of hydrogen-bond donors (Lipinski definition) is 1. The summed E-state index contributed by atoms with van der Waals surface area (Å²) < 4.78 is 0. The summed E-state index contributed by atoms with van der Waals surface area (Å²) >= 11 is 0. The number of aliphatic hydroxyl groups is 1. The standard InChI is InChI=1S/C17H22O2/c1-3-15(7-5-4-6-14(2)19)12-16-8-10-17(13-18)11-9-16/h4-11,15,18H,3,12-13H2,1-2H3. The van der Waals surface area contributed by atoms with Gasteiger partial charge in [0.15, 0.2) is 5.78 Å². The minimum atomic E-state index is 0.0669. The van der Waals surface area contributed by atoms with Crippen molar-refractivity contribution in [1.29, 1.82) is 0 Å². The Morgan fingerprint density at radius 1 is 1.21 bits per heavy atom. The number of hydrogen-bond acceptors (Lipinski definition) is 2. The van der Waals surface area contributed by atoms with Gasteiger partial charge in [-0.1, -0.05) is 49.4 Å². The highest BCUT2D eigenvalue weighted by Crippen LogP contribution is 2.14. The van der Waals surface area contributed by atoms with Crippen LogP contribution >= 0.6 is 0 Å². The fourth-order valence-electron chi connectivity index (χ4n) is 1.84. The van der Waals surface area contributed by atoms with Gasteiger partial charge < -0.3 is 5.11 Å². The fourth-order valence-corrected chi connectivity index (χ4v) is 1.84. The Morgan fingerprint density at radius 2 is 1.84 bits per heavy atom. The first-order chi connectivity index (χ1) is 9.15. The van der Waals surface area contributed by atoms with Crippen LogP contribution in [0.1, 0.15) is 31.4 Å². The molecular weight excluding hydrogens is 236 g/mol. The van der Waals surface area contributed by atoms with Gasteiger partial charge in [0.1, 0.15) is 0 Å². The molecule has 0 amide bonds. The zero-order valence-corrected chi connectivity index (χ0v) is 11.7. The fraction of sp³-hybridized carbons (Fsp3) is 0.353. The summed E-state index contributed by atoms with van der Waals surface area (Å²) in [5.74, 6) is 0.536. The van der Waals surface area contributed by atoms with Crippen LogP contribution in [0.2, 0.25) is 0 Å².